The van der Waals surface area contributed by atoms with Gasteiger partial charge in [0.25, 0.3) is 0 Å². The Bertz CT molecular complexity index is 677. The predicted molar refractivity (Wildman–Crippen MR) is 104 cm³/mol. The van der Waals surface area contributed by atoms with Crippen LogP contribution in [-0.4, -0.2) is 22.3 Å². The fraction of sp³-hybridized carbons (Fsp3) is 0.571. The van der Waals surface area contributed by atoms with E-state index in [-0.39, 0.29) is 11.9 Å². The number of hydrogen-bond acceptors (Lipinski definition) is 3. The molecule has 26 heavy (non-hydrogen) atoms. The third kappa shape index (κ3) is 6.62. The minimum Gasteiger partial charge on any atom is -0.478 e. The van der Waals surface area contributed by atoms with Crippen molar-refractivity contribution in [1.82, 2.24) is 9.78 Å². The molecule has 1 aromatic rings. The number of hydrogen-bond donors (Lipinski definition) is 0. The second kappa shape index (κ2) is 11.4. The summed E-state index contributed by atoms with van der Waals surface area (Å²) in [5.74, 6) is 0.508. The number of carbonyl (C=O) groups excluding carboxylic acids is 1. The molecule has 0 bridgehead atoms. The lowest BCUT2D eigenvalue weighted by Gasteiger charge is -2.19. The molecule has 0 saturated heterocycles. The van der Waals surface area contributed by atoms with Crippen LogP contribution in [0.4, 0.5) is 0 Å². The Morgan fingerprint density at radius 1 is 1.19 bits per heavy atom. The average molecular weight is 357 g/mol. The molecule has 5 nitrogen and oxygen atoms in total. The Hall–Kier alpha value is -2.17. The molecule has 1 heterocycles. The third-order valence-corrected chi connectivity index (χ3v) is 4.34. The van der Waals surface area contributed by atoms with Crippen LogP contribution in [-0.2, 0) is 4.79 Å². The number of ether oxygens (including phenoxy) is 1. The van der Waals surface area contributed by atoms with E-state index in [4.69, 9.17) is 4.74 Å². The summed E-state index contributed by atoms with van der Waals surface area (Å²) in [6.45, 7) is 4.68. The summed E-state index contributed by atoms with van der Waals surface area (Å²) in [6.07, 6.45) is 18.7. The van der Waals surface area contributed by atoms with E-state index in [0.717, 1.165) is 12.8 Å². The number of unbranched alkanes of at least 4 members (excludes halogenated alkanes) is 5. The van der Waals surface area contributed by atoms with Crippen molar-refractivity contribution in [3.63, 3.8) is 0 Å². The number of allylic oxidation sites excluding steroid dienone is 4. The Labute approximate surface area is 156 Å². The molecular weight excluding hydrogens is 326 g/mol. The van der Waals surface area contributed by atoms with Gasteiger partial charge in [-0.25, -0.2) is 9.67 Å². The zero-order valence-corrected chi connectivity index (χ0v) is 16.1. The van der Waals surface area contributed by atoms with E-state index in [2.05, 4.69) is 41.3 Å². The van der Waals surface area contributed by atoms with E-state index in [9.17, 15) is 4.79 Å². The smallest absolute Gasteiger partial charge is 0.245 e. The summed E-state index contributed by atoms with van der Waals surface area (Å²) in [5, 5.41) is 5.02. The van der Waals surface area contributed by atoms with Crippen LogP contribution in [0.3, 0.4) is 0 Å². The van der Waals surface area contributed by atoms with Gasteiger partial charge in [-0.15, -0.1) is 0 Å². The van der Waals surface area contributed by atoms with E-state index in [1.165, 1.54) is 32.1 Å². The summed E-state index contributed by atoms with van der Waals surface area (Å²) in [7, 11) is 0. The molecule has 2 rings (SSSR count). The fourth-order valence-corrected chi connectivity index (χ4v) is 2.82. The summed E-state index contributed by atoms with van der Waals surface area (Å²) in [6, 6.07) is 1.85. The minimum absolute atomic E-state index is 0.0410. The van der Waals surface area contributed by atoms with Crippen LogP contribution in [0.5, 0.6) is 5.88 Å². The van der Waals surface area contributed by atoms with E-state index >= 15 is 0 Å². The molecule has 1 aliphatic carbocycles. The fourth-order valence-electron chi connectivity index (χ4n) is 2.82. The quantitative estimate of drug-likeness (QED) is 0.457. The highest BCUT2D eigenvalue weighted by atomic mass is 16.5. The molecule has 0 fully saturated rings. The van der Waals surface area contributed by atoms with E-state index in [1.54, 1.807) is 13.1 Å². The van der Waals surface area contributed by atoms with Crippen LogP contribution in [0.25, 0.3) is 0 Å². The lowest BCUT2D eigenvalue weighted by atomic mass is 10.1. The van der Waals surface area contributed by atoms with E-state index in [1.807, 2.05) is 10.7 Å². The molecule has 0 radical (unpaired) electrons. The van der Waals surface area contributed by atoms with Gasteiger partial charge in [-0.05, 0) is 12.8 Å². The summed E-state index contributed by atoms with van der Waals surface area (Å²) in [5.41, 5.74) is 0. The van der Waals surface area contributed by atoms with Gasteiger partial charge in [0.15, 0.2) is 0 Å². The minimum atomic E-state index is -0.149. The van der Waals surface area contributed by atoms with Crippen LogP contribution in [0.1, 0.15) is 71.3 Å². The number of carbonyl (C=O) groups is 1. The van der Waals surface area contributed by atoms with Crippen molar-refractivity contribution < 1.29 is 9.53 Å². The van der Waals surface area contributed by atoms with Crippen LogP contribution in [0.2, 0.25) is 0 Å². The Balaban J connectivity index is 2.06. The molecule has 0 unspecified atom stereocenters. The number of aromatic nitrogens is 2. The van der Waals surface area contributed by atoms with Gasteiger partial charge in [-0.3, -0.25) is 4.79 Å². The summed E-state index contributed by atoms with van der Waals surface area (Å²) >= 11 is 0. The maximum atomic E-state index is 11.6. The third-order valence-electron chi connectivity index (χ3n) is 4.34. The number of rotatable bonds is 10. The normalized spacial score (nSPS) is 14.8. The molecule has 1 amide bonds. The molecule has 142 valence electrons. The van der Waals surface area contributed by atoms with Crippen molar-refractivity contribution in [1.29, 1.82) is 0 Å². The van der Waals surface area contributed by atoms with Gasteiger partial charge < -0.3 is 4.74 Å². The van der Waals surface area contributed by atoms with Gasteiger partial charge in [0.2, 0.25) is 11.8 Å². The van der Waals surface area contributed by atoms with Gasteiger partial charge in [0, 0.05) is 12.5 Å². The predicted octanol–water partition coefficient (Wildman–Crippen LogP) is 4.52. The van der Waals surface area contributed by atoms with Gasteiger partial charge in [-0.2, -0.15) is 5.10 Å². The highest BCUT2D eigenvalue weighted by molar-refractivity contribution is 5.76. The largest absolute Gasteiger partial charge is 0.478 e. The average Bonchev–Trinajstić information content (AvgIpc) is 2.68. The standard InChI is InChI=1S/C21H31N3O2/c1-3-5-6-7-8-12-15-26-21-16-18(23-20(25)4-2)17-22-24(21)19-13-10-9-11-14-19/h10-11,13-14,16-17,19H,3-9,12,15H2,1-2H3. The Morgan fingerprint density at radius 3 is 2.65 bits per heavy atom. The lowest BCUT2D eigenvalue weighted by molar-refractivity contribution is -0.117. The molecule has 0 atom stereocenters. The van der Waals surface area contributed by atoms with Gasteiger partial charge in [-0.1, -0.05) is 70.3 Å². The van der Waals surface area contributed by atoms with Crippen LogP contribution >= 0.6 is 0 Å². The lowest BCUT2D eigenvalue weighted by Crippen LogP contribution is -2.19. The zero-order valence-electron chi connectivity index (χ0n) is 16.1. The van der Waals surface area contributed by atoms with Crippen molar-refractivity contribution in [3.8, 4) is 5.88 Å². The highest BCUT2D eigenvalue weighted by Crippen LogP contribution is 2.20. The molecule has 0 aromatic carbocycles. The monoisotopic (exact) mass is 357 g/mol. The first-order valence-electron chi connectivity index (χ1n) is 9.87. The molecule has 5 heteroatoms. The van der Waals surface area contributed by atoms with Gasteiger partial charge in [0.1, 0.15) is 0 Å². The molecule has 0 N–H and O–H groups in total. The molecule has 0 saturated carbocycles. The van der Waals surface area contributed by atoms with E-state index in [0.29, 0.717) is 24.3 Å². The number of nitrogens with zero attached hydrogens (tertiary/aromatic N) is 3. The molecule has 1 aliphatic rings. The maximum absolute atomic E-state index is 11.6. The highest BCUT2D eigenvalue weighted by Gasteiger charge is 2.12. The zero-order chi connectivity index (χ0) is 18.6. The first-order chi connectivity index (χ1) is 12.7. The Kier molecular flexibility index (Phi) is 8.87. The van der Waals surface area contributed by atoms with Crippen LogP contribution < -0.4 is 10.1 Å². The van der Waals surface area contributed by atoms with Crippen molar-refractivity contribution in [2.45, 2.75) is 71.3 Å². The van der Waals surface area contributed by atoms with E-state index < -0.39 is 0 Å². The first kappa shape index (κ1) is 20.1. The maximum Gasteiger partial charge on any atom is 0.245 e. The number of amides is 1. The molecule has 0 spiro atoms. The SMILES string of the molecule is CCCCCCCCOc1cc(=NC(=O)CC)cnn1C1C=CCC=C1. The summed E-state index contributed by atoms with van der Waals surface area (Å²) in [4.78, 5) is 15.7. The van der Waals surface area contributed by atoms with Crippen molar-refractivity contribution >= 4 is 5.91 Å². The first-order valence-corrected chi connectivity index (χ1v) is 9.87. The second-order valence-electron chi connectivity index (χ2n) is 6.55. The summed E-state index contributed by atoms with van der Waals surface area (Å²) < 4.78 is 7.86. The van der Waals surface area contributed by atoms with Crippen LogP contribution in [0, 0.1) is 0 Å². The van der Waals surface area contributed by atoms with Gasteiger partial charge >= 0.3 is 0 Å². The molecule has 0 aliphatic heterocycles. The Morgan fingerprint density at radius 2 is 1.92 bits per heavy atom. The van der Waals surface area contributed by atoms with Crippen molar-refractivity contribution in [2.24, 2.45) is 4.99 Å². The molecular formula is C21H31N3O2. The van der Waals surface area contributed by atoms with Crippen molar-refractivity contribution in [2.75, 3.05) is 6.61 Å². The second-order valence-corrected chi connectivity index (χ2v) is 6.55. The van der Waals surface area contributed by atoms with Gasteiger partial charge in [0.05, 0.1) is 24.2 Å². The van der Waals surface area contributed by atoms with Crippen molar-refractivity contribution in [3.05, 3.63) is 41.9 Å². The topological polar surface area (TPSA) is 56.5 Å². The molecule has 1 aromatic heterocycles. The van der Waals surface area contributed by atoms with Crippen LogP contribution in [0.15, 0.2) is 41.6 Å².